The molecule has 0 amide bonds. The molecule has 0 atom stereocenters. The number of aliphatic imine (C=N–C) groups is 1. The Morgan fingerprint density at radius 2 is 2.04 bits per heavy atom. The van der Waals surface area contributed by atoms with Crippen LogP contribution in [0.25, 0.3) is 0 Å². The fourth-order valence-electron chi connectivity index (χ4n) is 3.22. The Balaban J connectivity index is 0.00000288. The molecule has 0 radical (unpaired) electrons. The van der Waals surface area contributed by atoms with Crippen LogP contribution in [0.4, 0.5) is 0 Å². The Bertz CT molecular complexity index is 370. The van der Waals surface area contributed by atoms with Gasteiger partial charge in [-0.15, -0.1) is 24.0 Å². The Morgan fingerprint density at radius 1 is 1.33 bits per heavy atom. The summed E-state index contributed by atoms with van der Waals surface area (Å²) in [6.07, 6.45) is 6.28. The molecule has 2 rings (SSSR count). The Morgan fingerprint density at radius 3 is 2.58 bits per heavy atom. The zero-order chi connectivity index (χ0) is 16.5. The van der Waals surface area contributed by atoms with Gasteiger partial charge in [0.25, 0.3) is 0 Å². The van der Waals surface area contributed by atoms with Crippen molar-refractivity contribution >= 4 is 29.9 Å². The fourth-order valence-corrected chi connectivity index (χ4v) is 3.22. The van der Waals surface area contributed by atoms with Crippen molar-refractivity contribution in [1.29, 1.82) is 0 Å². The summed E-state index contributed by atoms with van der Waals surface area (Å²) in [5.41, 5.74) is -0.549. The number of nitrogens with one attached hydrogen (secondary N) is 2. The lowest BCUT2D eigenvalue weighted by Crippen LogP contribution is -2.49. The maximum Gasteiger partial charge on any atom is 0.191 e. The van der Waals surface area contributed by atoms with Gasteiger partial charge in [0.1, 0.15) is 0 Å². The van der Waals surface area contributed by atoms with Crippen LogP contribution >= 0.6 is 24.0 Å². The molecule has 0 spiro atoms. The number of halogens is 1. The smallest absolute Gasteiger partial charge is 0.191 e. The van der Waals surface area contributed by atoms with Crippen LogP contribution in [0.5, 0.6) is 0 Å². The minimum Gasteiger partial charge on any atom is -0.388 e. The number of piperidine rings is 1. The number of aliphatic hydroxyl groups is 1. The monoisotopic (exact) mass is 454 g/mol. The average Bonchev–Trinajstić information content (AvgIpc) is 2.53. The summed E-state index contributed by atoms with van der Waals surface area (Å²) in [4.78, 5) is 7.11. The zero-order valence-corrected chi connectivity index (χ0v) is 17.6. The minimum atomic E-state index is -0.549. The van der Waals surface area contributed by atoms with Crippen LogP contribution in [0.1, 0.15) is 45.4 Å². The molecule has 7 heteroatoms. The van der Waals surface area contributed by atoms with Crippen LogP contribution in [-0.2, 0) is 4.74 Å². The van der Waals surface area contributed by atoms with Gasteiger partial charge in [0.05, 0.1) is 12.1 Å². The number of guanidine groups is 1. The molecule has 3 N–H and O–H groups in total. The summed E-state index contributed by atoms with van der Waals surface area (Å²) >= 11 is 0. The van der Waals surface area contributed by atoms with E-state index in [9.17, 15) is 5.11 Å². The number of rotatable bonds is 8. The summed E-state index contributed by atoms with van der Waals surface area (Å²) in [5.74, 6) is 0.852. The SMILES string of the molecule is CCNC(=NCC1(O)CCC1)NC1CCN(CCCOC)CC1.I. The second kappa shape index (κ2) is 11.5. The van der Waals surface area contributed by atoms with E-state index in [-0.39, 0.29) is 24.0 Å². The van der Waals surface area contributed by atoms with Crippen LogP contribution in [0.3, 0.4) is 0 Å². The first-order chi connectivity index (χ1) is 11.1. The molecule has 2 aliphatic rings. The first kappa shape index (κ1) is 21.9. The van der Waals surface area contributed by atoms with Gasteiger partial charge < -0.3 is 25.4 Å². The van der Waals surface area contributed by atoms with Crippen molar-refractivity contribution in [2.75, 3.05) is 46.4 Å². The van der Waals surface area contributed by atoms with Gasteiger partial charge in [0.15, 0.2) is 5.96 Å². The Labute approximate surface area is 163 Å². The molecule has 0 bridgehead atoms. The quantitative estimate of drug-likeness (QED) is 0.225. The standard InChI is InChI=1S/C17H34N4O2.HI/c1-3-18-16(19-14-17(22)8-4-9-17)20-15-6-11-21(12-7-15)10-5-13-23-2;/h15,22H,3-14H2,1-2H3,(H2,18,19,20);1H. The lowest BCUT2D eigenvalue weighted by molar-refractivity contribution is -0.0236. The highest BCUT2D eigenvalue weighted by Gasteiger charge is 2.34. The van der Waals surface area contributed by atoms with Gasteiger partial charge in [-0.2, -0.15) is 0 Å². The van der Waals surface area contributed by atoms with Gasteiger partial charge >= 0.3 is 0 Å². The second-order valence-corrected chi connectivity index (χ2v) is 6.88. The first-order valence-electron chi connectivity index (χ1n) is 9.14. The second-order valence-electron chi connectivity index (χ2n) is 6.88. The topological polar surface area (TPSA) is 69.1 Å². The molecule has 0 aromatic rings. The minimum absolute atomic E-state index is 0. The van der Waals surface area contributed by atoms with E-state index in [0.717, 1.165) is 77.3 Å². The van der Waals surface area contributed by atoms with Crippen LogP contribution in [0, 0.1) is 0 Å². The number of likely N-dealkylation sites (tertiary alicyclic amines) is 1. The number of methoxy groups -OCH3 is 1. The molecular weight excluding hydrogens is 419 g/mol. The molecule has 0 aromatic carbocycles. The van der Waals surface area contributed by atoms with Crippen LogP contribution < -0.4 is 10.6 Å². The summed E-state index contributed by atoms with van der Waals surface area (Å²) in [7, 11) is 1.76. The predicted molar refractivity (Wildman–Crippen MR) is 109 cm³/mol. The molecule has 0 aromatic heterocycles. The van der Waals surface area contributed by atoms with Crippen LogP contribution in [0.2, 0.25) is 0 Å². The van der Waals surface area contributed by atoms with Gasteiger partial charge in [-0.3, -0.25) is 4.99 Å². The average molecular weight is 454 g/mol. The summed E-state index contributed by atoms with van der Waals surface area (Å²) in [6, 6.07) is 0.475. The Kier molecular flexibility index (Phi) is 10.5. The molecular formula is C17H35IN4O2. The normalized spacial score (nSPS) is 21.7. The zero-order valence-electron chi connectivity index (χ0n) is 15.2. The fraction of sp³-hybridized carbons (Fsp3) is 0.941. The molecule has 0 unspecified atom stereocenters. The molecule has 1 heterocycles. The van der Waals surface area contributed by atoms with Crippen LogP contribution in [0.15, 0.2) is 4.99 Å². The van der Waals surface area contributed by atoms with E-state index in [1.165, 1.54) is 0 Å². The third kappa shape index (κ3) is 7.41. The molecule has 6 nitrogen and oxygen atoms in total. The van der Waals surface area contributed by atoms with Crippen molar-refractivity contribution < 1.29 is 9.84 Å². The molecule has 142 valence electrons. The van der Waals surface area contributed by atoms with E-state index >= 15 is 0 Å². The van der Waals surface area contributed by atoms with Crippen molar-refractivity contribution in [3.05, 3.63) is 0 Å². The van der Waals surface area contributed by atoms with Gasteiger partial charge in [-0.25, -0.2) is 0 Å². The van der Waals surface area contributed by atoms with Gasteiger partial charge in [-0.05, 0) is 45.4 Å². The highest BCUT2D eigenvalue weighted by Crippen LogP contribution is 2.31. The molecule has 1 aliphatic heterocycles. The highest BCUT2D eigenvalue weighted by atomic mass is 127. The van der Waals surface area contributed by atoms with Crippen molar-refractivity contribution in [2.24, 2.45) is 4.99 Å². The predicted octanol–water partition coefficient (Wildman–Crippen LogP) is 1.58. The Hall–Kier alpha value is -0.120. The molecule has 1 saturated heterocycles. The number of ether oxygens (including phenoxy) is 1. The van der Waals surface area contributed by atoms with Crippen LogP contribution in [-0.4, -0.2) is 74.0 Å². The summed E-state index contributed by atoms with van der Waals surface area (Å²) in [6.45, 7) is 7.67. The van der Waals surface area contributed by atoms with E-state index in [1.807, 2.05) is 0 Å². The lowest BCUT2D eigenvalue weighted by atomic mass is 9.80. The third-order valence-corrected chi connectivity index (χ3v) is 4.91. The highest BCUT2D eigenvalue weighted by molar-refractivity contribution is 14.0. The maximum absolute atomic E-state index is 10.2. The van der Waals surface area contributed by atoms with Gasteiger partial charge in [0, 0.05) is 45.9 Å². The van der Waals surface area contributed by atoms with E-state index in [2.05, 4.69) is 27.4 Å². The van der Waals surface area contributed by atoms with Crippen molar-refractivity contribution in [3.8, 4) is 0 Å². The van der Waals surface area contributed by atoms with Crippen molar-refractivity contribution in [2.45, 2.75) is 57.1 Å². The lowest BCUT2D eigenvalue weighted by Gasteiger charge is -2.36. The van der Waals surface area contributed by atoms with E-state index in [1.54, 1.807) is 7.11 Å². The largest absolute Gasteiger partial charge is 0.388 e. The number of nitrogens with zero attached hydrogens (tertiary/aromatic N) is 2. The molecule has 24 heavy (non-hydrogen) atoms. The van der Waals surface area contributed by atoms with Crippen molar-refractivity contribution in [3.63, 3.8) is 0 Å². The third-order valence-electron chi connectivity index (χ3n) is 4.91. The van der Waals surface area contributed by atoms with E-state index in [0.29, 0.717) is 12.6 Å². The number of hydrogen-bond donors (Lipinski definition) is 3. The van der Waals surface area contributed by atoms with Gasteiger partial charge in [0.2, 0.25) is 0 Å². The molecule has 1 aliphatic carbocycles. The van der Waals surface area contributed by atoms with Gasteiger partial charge in [-0.1, -0.05) is 0 Å². The van der Waals surface area contributed by atoms with E-state index < -0.39 is 5.60 Å². The maximum atomic E-state index is 10.2. The van der Waals surface area contributed by atoms with Crippen molar-refractivity contribution in [1.82, 2.24) is 15.5 Å². The summed E-state index contributed by atoms with van der Waals surface area (Å²) in [5, 5.41) is 17.0. The molecule has 1 saturated carbocycles. The number of hydrogen-bond acceptors (Lipinski definition) is 4. The van der Waals surface area contributed by atoms with E-state index in [4.69, 9.17) is 4.74 Å². The summed E-state index contributed by atoms with van der Waals surface area (Å²) < 4.78 is 5.12. The molecule has 2 fully saturated rings. The first-order valence-corrected chi connectivity index (χ1v) is 9.14.